The molecule has 0 unspecified atom stereocenters. The molecule has 0 aromatic carbocycles. The summed E-state index contributed by atoms with van der Waals surface area (Å²) in [5.74, 6) is 0.337. The van der Waals surface area contributed by atoms with E-state index in [4.69, 9.17) is 4.42 Å². The van der Waals surface area contributed by atoms with Gasteiger partial charge in [0.25, 0.3) is 0 Å². The average Bonchev–Trinajstić information content (AvgIpc) is 2.72. The predicted octanol–water partition coefficient (Wildman–Crippen LogP) is 2.10. The molecule has 0 fully saturated rings. The van der Waals surface area contributed by atoms with Gasteiger partial charge in [-0.05, 0) is 24.3 Å². The molecule has 3 nitrogen and oxygen atoms in total. The number of hydrogen-bond donors (Lipinski definition) is 0. The summed E-state index contributed by atoms with van der Waals surface area (Å²) < 4.78 is 4.99. The van der Waals surface area contributed by atoms with E-state index in [1.54, 1.807) is 18.3 Å². The van der Waals surface area contributed by atoms with Gasteiger partial charge >= 0.3 is 0 Å². The first-order chi connectivity index (χ1) is 6.86. The van der Waals surface area contributed by atoms with Crippen molar-refractivity contribution in [3.05, 3.63) is 54.2 Å². The number of pyridine rings is 1. The Morgan fingerprint density at radius 3 is 2.86 bits per heavy atom. The summed E-state index contributed by atoms with van der Waals surface area (Å²) in [5, 5.41) is 0. The van der Waals surface area contributed by atoms with Crippen LogP contribution in [-0.4, -0.2) is 10.8 Å². The average molecular weight is 187 g/mol. The maximum atomic E-state index is 11.5. The van der Waals surface area contributed by atoms with Crippen molar-refractivity contribution in [2.45, 2.75) is 6.42 Å². The Labute approximate surface area is 81.4 Å². The Bertz CT molecular complexity index is 406. The van der Waals surface area contributed by atoms with Gasteiger partial charge in [0.15, 0.2) is 5.76 Å². The van der Waals surface area contributed by atoms with Crippen LogP contribution in [-0.2, 0) is 6.42 Å². The Hall–Kier alpha value is -1.90. The molecule has 2 aromatic rings. The molecule has 0 amide bonds. The van der Waals surface area contributed by atoms with Gasteiger partial charge in [0.05, 0.1) is 12.7 Å². The van der Waals surface area contributed by atoms with Gasteiger partial charge in [-0.15, -0.1) is 0 Å². The van der Waals surface area contributed by atoms with Crippen molar-refractivity contribution >= 4 is 5.78 Å². The Kier molecular flexibility index (Phi) is 2.40. The fraction of sp³-hybridized carbons (Fsp3) is 0.0909. The summed E-state index contributed by atoms with van der Waals surface area (Å²) in [7, 11) is 0. The highest BCUT2D eigenvalue weighted by molar-refractivity contribution is 5.94. The van der Waals surface area contributed by atoms with E-state index >= 15 is 0 Å². The van der Waals surface area contributed by atoms with E-state index in [2.05, 4.69) is 4.98 Å². The smallest absolute Gasteiger partial charge is 0.203 e. The molecule has 0 spiro atoms. The lowest BCUT2D eigenvalue weighted by molar-refractivity contribution is 0.0965. The van der Waals surface area contributed by atoms with Gasteiger partial charge in [-0.1, -0.05) is 6.07 Å². The lowest BCUT2D eigenvalue weighted by atomic mass is 10.2. The highest BCUT2D eigenvalue weighted by Crippen LogP contribution is 2.05. The van der Waals surface area contributed by atoms with Crippen LogP contribution in [0.5, 0.6) is 0 Å². The van der Waals surface area contributed by atoms with E-state index in [1.807, 2.05) is 18.2 Å². The second kappa shape index (κ2) is 3.87. The fourth-order valence-corrected chi connectivity index (χ4v) is 1.19. The molecule has 0 saturated heterocycles. The summed E-state index contributed by atoms with van der Waals surface area (Å²) in [5.41, 5.74) is 0.758. The SMILES string of the molecule is O=C(Cc1ccccn1)c1ccco1. The van der Waals surface area contributed by atoms with E-state index in [0.29, 0.717) is 5.76 Å². The zero-order chi connectivity index (χ0) is 9.80. The highest BCUT2D eigenvalue weighted by atomic mass is 16.3. The molecule has 0 atom stereocenters. The van der Waals surface area contributed by atoms with Gasteiger partial charge < -0.3 is 4.42 Å². The maximum absolute atomic E-state index is 11.5. The molecule has 0 aliphatic rings. The number of rotatable bonds is 3. The first-order valence-corrected chi connectivity index (χ1v) is 4.33. The summed E-state index contributed by atoms with van der Waals surface area (Å²) in [6.45, 7) is 0. The monoisotopic (exact) mass is 187 g/mol. The van der Waals surface area contributed by atoms with Crippen molar-refractivity contribution < 1.29 is 9.21 Å². The molecule has 0 bridgehead atoms. The molecule has 0 saturated carbocycles. The van der Waals surface area contributed by atoms with Crippen molar-refractivity contribution in [2.24, 2.45) is 0 Å². The quantitative estimate of drug-likeness (QED) is 0.691. The van der Waals surface area contributed by atoms with Gasteiger partial charge in [-0.3, -0.25) is 9.78 Å². The second-order valence-corrected chi connectivity index (χ2v) is 2.90. The molecule has 3 heteroatoms. The molecule has 2 aromatic heterocycles. The summed E-state index contributed by atoms with van der Waals surface area (Å²) >= 11 is 0. The zero-order valence-corrected chi connectivity index (χ0v) is 7.51. The molecule has 14 heavy (non-hydrogen) atoms. The Morgan fingerprint density at radius 2 is 2.21 bits per heavy atom. The molecule has 0 aliphatic heterocycles. The number of hydrogen-bond acceptors (Lipinski definition) is 3. The molecule has 0 N–H and O–H groups in total. The van der Waals surface area contributed by atoms with Crippen molar-refractivity contribution in [2.75, 3.05) is 0 Å². The van der Waals surface area contributed by atoms with E-state index in [9.17, 15) is 4.79 Å². The Balaban J connectivity index is 2.10. The molecular formula is C11H9NO2. The predicted molar refractivity (Wildman–Crippen MR) is 51.0 cm³/mol. The van der Waals surface area contributed by atoms with Gasteiger partial charge in [-0.2, -0.15) is 0 Å². The van der Waals surface area contributed by atoms with Crippen LogP contribution >= 0.6 is 0 Å². The van der Waals surface area contributed by atoms with Crippen LogP contribution in [0.3, 0.4) is 0 Å². The summed E-state index contributed by atoms with van der Waals surface area (Å²) in [6.07, 6.45) is 3.45. The third-order valence-electron chi connectivity index (χ3n) is 1.86. The largest absolute Gasteiger partial charge is 0.461 e. The summed E-state index contributed by atoms with van der Waals surface area (Å²) in [6, 6.07) is 8.86. The molecule has 2 rings (SSSR count). The molecule has 2 heterocycles. The highest BCUT2D eigenvalue weighted by Gasteiger charge is 2.09. The first-order valence-electron chi connectivity index (χ1n) is 4.33. The standard InChI is InChI=1S/C11H9NO2/c13-10(11-5-3-7-14-11)8-9-4-1-2-6-12-9/h1-7H,8H2. The minimum Gasteiger partial charge on any atom is -0.461 e. The van der Waals surface area contributed by atoms with Crippen LogP contribution < -0.4 is 0 Å². The number of nitrogens with zero attached hydrogens (tertiary/aromatic N) is 1. The van der Waals surface area contributed by atoms with Gasteiger partial charge in [-0.25, -0.2) is 0 Å². The first kappa shape index (κ1) is 8.69. The van der Waals surface area contributed by atoms with Crippen molar-refractivity contribution in [3.63, 3.8) is 0 Å². The van der Waals surface area contributed by atoms with Crippen LogP contribution in [0.4, 0.5) is 0 Å². The van der Waals surface area contributed by atoms with E-state index in [0.717, 1.165) is 5.69 Å². The number of ketones is 1. The van der Waals surface area contributed by atoms with Crippen LogP contribution in [0.1, 0.15) is 16.2 Å². The topological polar surface area (TPSA) is 43.1 Å². The van der Waals surface area contributed by atoms with Crippen molar-refractivity contribution in [3.8, 4) is 0 Å². The van der Waals surface area contributed by atoms with Gasteiger partial charge in [0, 0.05) is 11.9 Å². The van der Waals surface area contributed by atoms with Crippen LogP contribution in [0.15, 0.2) is 47.2 Å². The Morgan fingerprint density at radius 1 is 1.29 bits per heavy atom. The van der Waals surface area contributed by atoms with Crippen LogP contribution in [0.25, 0.3) is 0 Å². The molecule has 0 aliphatic carbocycles. The third-order valence-corrected chi connectivity index (χ3v) is 1.86. The van der Waals surface area contributed by atoms with E-state index in [1.165, 1.54) is 6.26 Å². The lowest BCUT2D eigenvalue weighted by Gasteiger charge is -1.96. The molecule has 70 valence electrons. The minimum atomic E-state index is -0.0475. The van der Waals surface area contributed by atoms with E-state index in [-0.39, 0.29) is 12.2 Å². The fourth-order valence-electron chi connectivity index (χ4n) is 1.19. The second-order valence-electron chi connectivity index (χ2n) is 2.90. The lowest BCUT2D eigenvalue weighted by Crippen LogP contribution is -2.03. The molecular weight excluding hydrogens is 178 g/mol. The van der Waals surface area contributed by atoms with Gasteiger partial charge in [0.2, 0.25) is 5.78 Å². The maximum Gasteiger partial charge on any atom is 0.203 e. The normalized spacial score (nSPS) is 10.0. The number of furan rings is 1. The third kappa shape index (κ3) is 1.88. The number of carbonyl (C=O) groups is 1. The number of carbonyl (C=O) groups excluding carboxylic acids is 1. The zero-order valence-electron chi connectivity index (χ0n) is 7.51. The van der Waals surface area contributed by atoms with Crippen molar-refractivity contribution in [1.29, 1.82) is 0 Å². The van der Waals surface area contributed by atoms with Crippen LogP contribution in [0.2, 0.25) is 0 Å². The number of aromatic nitrogens is 1. The summed E-state index contributed by atoms with van der Waals surface area (Å²) in [4.78, 5) is 15.6. The van der Waals surface area contributed by atoms with Crippen LogP contribution in [0, 0.1) is 0 Å². The van der Waals surface area contributed by atoms with E-state index < -0.39 is 0 Å². The van der Waals surface area contributed by atoms with Crippen molar-refractivity contribution in [1.82, 2.24) is 4.98 Å². The minimum absolute atomic E-state index is 0.0475. The van der Waals surface area contributed by atoms with Gasteiger partial charge in [0.1, 0.15) is 0 Å². The number of Topliss-reactive ketones (excluding diaryl/α,β-unsaturated/α-hetero) is 1. The molecule has 0 radical (unpaired) electrons.